The molecular weight excluding hydrogens is 180 g/mol. The standard InChI is InChI=1S/C9H18N4O/c1-3-4-7(2)11-9-13-12-8(14-9)5-6-10/h7H,3-6,10H2,1-2H3,(H,11,13). The molecule has 0 saturated carbocycles. The number of anilines is 1. The van der Waals surface area contributed by atoms with Gasteiger partial charge in [-0.25, -0.2) is 0 Å². The molecule has 1 aromatic rings. The van der Waals surface area contributed by atoms with Crippen LogP contribution in [0.15, 0.2) is 4.42 Å². The number of hydrogen-bond acceptors (Lipinski definition) is 5. The van der Waals surface area contributed by atoms with Gasteiger partial charge in [0.25, 0.3) is 0 Å². The van der Waals surface area contributed by atoms with E-state index in [2.05, 4.69) is 29.4 Å². The van der Waals surface area contributed by atoms with Crippen LogP contribution in [0.1, 0.15) is 32.6 Å². The Labute approximate surface area is 84.1 Å². The van der Waals surface area contributed by atoms with Crippen LogP contribution in [-0.2, 0) is 6.42 Å². The molecule has 1 rings (SSSR count). The van der Waals surface area contributed by atoms with Crippen LogP contribution < -0.4 is 11.1 Å². The van der Waals surface area contributed by atoms with Gasteiger partial charge in [0.05, 0.1) is 0 Å². The van der Waals surface area contributed by atoms with E-state index < -0.39 is 0 Å². The Hall–Kier alpha value is -1.10. The van der Waals surface area contributed by atoms with Crippen LogP contribution in [0.3, 0.4) is 0 Å². The van der Waals surface area contributed by atoms with E-state index in [9.17, 15) is 0 Å². The van der Waals surface area contributed by atoms with Crippen LogP contribution in [-0.4, -0.2) is 22.8 Å². The van der Waals surface area contributed by atoms with Gasteiger partial charge in [-0.1, -0.05) is 18.4 Å². The molecule has 3 N–H and O–H groups in total. The average molecular weight is 198 g/mol. The normalized spacial score (nSPS) is 12.8. The lowest BCUT2D eigenvalue weighted by molar-refractivity contribution is 0.498. The molecule has 0 spiro atoms. The van der Waals surface area contributed by atoms with Gasteiger partial charge in [0, 0.05) is 19.0 Å². The van der Waals surface area contributed by atoms with Crippen molar-refractivity contribution >= 4 is 6.01 Å². The van der Waals surface area contributed by atoms with Crippen molar-refractivity contribution < 1.29 is 4.42 Å². The van der Waals surface area contributed by atoms with Crippen LogP contribution in [0.4, 0.5) is 6.01 Å². The molecular formula is C9H18N4O. The Morgan fingerprint density at radius 1 is 1.50 bits per heavy atom. The molecule has 5 nitrogen and oxygen atoms in total. The fraction of sp³-hybridized carbons (Fsp3) is 0.778. The summed E-state index contributed by atoms with van der Waals surface area (Å²) in [6.45, 7) is 4.77. The van der Waals surface area contributed by atoms with E-state index in [0.717, 1.165) is 12.8 Å². The highest BCUT2D eigenvalue weighted by Crippen LogP contribution is 2.09. The maximum absolute atomic E-state index is 5.37. The van der Waals surface area contributed by atoms with Crippen LogP contribution >= 0.6 is 0 Å². The topological polar surface area (TPSA) is 77.0 Å². The van der Waals surface area contributed by atoms with Crippen molar-refractivity contribution in [1.29, 1.82) is 0 Å². The predicted octanol–water partition coefficient (Wildman–Crippen LogP) is 1.17. The zero-order valence-electron chi connectivity index (χ0n) is 8.79. The minimum absolute atomic E-state index is 0.367. The van der Waals surface area contributed by atoms with Gasteiger partial charge in [-0.05, 0) is 13.3 Å². The number of nitrogens with two attached hydrogens (primary N) is 1. The average Bonchev–Trinajstić information content (AvgIpc) is 2.53. The van der Waals surface area contributed by atoms with Crippen molar-refractivity contribution in [2.75, 3.05) is 11.9 Å². The molecule has 0 aliphatic rings. The van der Waals surface area contributed by atoms with Crippen LogP contribution in [0.5, 0.6) is 0 Å². The third kappa shape index (κ3) is 3.33. The van der Waals surface area contributed by atoms with Gasteiger partial charge >= 0.3 is 6.01 Å². The molecule has 0 aliphatic carbocycles. The van der Waals surface area contributed by atoms with Crippen LogP contribution in [0.25, 0.3) is 0 Å². The lowest BCUT2D eigenvalue weighted by Crippen LogP contribution is -2.14. The molecule has 0 saturated heterocycles. The summed E-state index contributed by atoms with van der Waals surface area (Å²) in [5, 5.41) is 10.9. The summed E-state index contributed by atoms with van der Waals surface area (Å²) < 4.78 is 5.33. The summed E-state index contributed by atoms with van der Waals surface area (Å²) in [6, 6.07) is 0.862. The number of nitrogens with zero attached hydrogens (tertiary/aromatic N) is 2. The fourth-order valence-corrected chi connectivity index (χ4v) is 1.25. The minimum atomic E-state index is 0.367. The summed E-state index contributed by atoms with van der Waals surface area (Å²) in [7, 11) is 0. The zero-order chi connectivity index (χ0) is 10.4. The highest BCUT2D eigenvalue weighted by atomic mass is 16.4. The lowest BCUT2D eigenvalue weighted by atomic mass is 10.2. The van der Waals surface area contributed by atoms with Crippen molar-refractivity contribution in [1.82, 2.24) is 10.2 Å². The highest BCUT2D eigenvalue weighted by Gasteiger charge is 2.07. The summed E-state index contributed by atoms with van der Waals surface area (Å²) >= 11 is 0. The summed E-state index contributed by atoms with van der Waals surface area (Å²) in [6.07, 6.45) is 2.86. The van der Waals surface area contributed by atoms with Crippen molar-refractivity contribution in [3.05, 3.63) is 5.89 Å². The first-order valence-electron chi connectivity index (χ1n) is 5.05. The molecule has 14 heavy (non-hydrogen) atoms. The third-order valence-corrected chi connectivity index (χ3v) is 1.92. The van der Waals surface area contributed by atoms with Gasteiger partial charge in [0.2, 0.25) is 5.89 Å². The van der Waals surface area contributed by atoms with Crippen molar-refractivity contribution in [2.45, 2.75) is 39.2 Å². The lowest BCUT2D eigenvalue weighted by Gasteiger charge is -2.08. The largest absolute Gasteiger partial charge is 0.408 e. The molecule has 0 aromatic carbocycles. The van der Waals surface area contributed by atoms with E-state index in [1.54, 1.807) is 0 Å². The van der Waals surface area contributed by atoms with Gasteiger partial charge in [0.1, 0.15) is 0 Å². The van der Waals surface area contributed by atoms with Gasteiger partial charge in [-0.3, -0.25) is 0 Å². The highest BCUT2D eigenvalue weighted by molar-refractivity contribution is 5.18. The Kier molecular flexibility index (Phi) is 4.39. The first kappa shape index (κ1) is 11.0. The van der Waals surface area contributed by atoms with Crippen molar-refractivity contribution in [3.8, 4) is 0 Å². The first-order chi connectivity index (χ1) is 6.76. The van der Waals surface area contributed by atoms with E-state index in [4.69, 9.17) is 10.2 Å². The second-order valence-electron chi connectivity index (χ2n) is 3.37. The molecule has 1 atom stereocenters. The minimum Gasteiger partial charge on any atom is -0.408 e. The molecule has 1 unspecified atom stereocenters. The Morgan fingerprint density at radius 3 is 2.93 bits per heavy atom. The fourth-order valence-electron chi connectivity index (χ4n) is 1.25. The van der Waals surface area contributed by atoms with Gasteiger partial charge in [0.15, 0.2) is 0 Å². The van der Waals surface area contributed by atoms with E-state index in [1.165, 1.54) is 0 Å². The van der Waals surface area contributed by atoms with E-state index in [-0.39, 0.29) is 0 Å². The molecule has 0 amide bonds. The van der Waals surface area contributed by atoms with E-state index in [1.807, 2.05) is 0 Å². The maximum Gasteiger partial charge on any atom is 0.315 e. The monoisotopic (exact) mass is 198 g/mol. The molecule has 0 radical (unpaired) electrons. The van der Waals surface area contributed by atoms with Crippen LogP contribution in [0, 0.1) is 0 Å². The van der Waals surface area contributed by atoms with Gasteiger partial charge < -0.3 is 15.5 Å². The Bertz CT molecular complexity index is 261. The van der Waals surface area contributed by atoms with Crippen molar-refractivity contribution in [2.24, 2.45) is 5.73 Å². The Balaban J connectivity index is 2.42. The molecule has 0 aliphatic heterocycles. The van der Waals surface area contributed by atoms with Gasteiger partial charge in [-0.2, -0.15) is 0 Å². The number of nitrogens with one attached hydrogen (secondary N) is 1. The summed E-state index contributed by atoms with van der Waals surface area (Å²) in [4.78, 5) is 0. The van der Waals surface area contributed by atoms with E-state index >= 15 is 0 Å². The maximum atomic E-state index is 5.37. The molecule has 1 heterocycles. The smallest absolute Gasteiger partial charge is 0.315 e. The number of rotatable bonds is 6. The molecule has 80 valence electrons. The van der Waals surface area contributed by atoms with Gasteiger partial charge in [-0.15, -0.1) is 5.10 Å². The molecule has 1 aromatic heterocycles. The molecule has 0 bridgehead atoms. The van der Waals surface area contributed by atoms with Crippen LogP contribution in [0.2, 0.25) is 0 Å². The first-order valence-corrected chi connectivity index (χ1v) is 5.05. The van der Waals surface area contributed by atoms with Crippen molar-refractivity contribution in [3.63, 3.8) is 0 Å². The zero-order valence-corrected chi connectivity index (χ0v) is 8.79. The third-order valence-electron chi connectivity index (χ3n) is 1.92. The summed E-state index contributed by atoms with van der Waals surface area (Å²) in [5.41, 5.74) is 5.37. The second kappa shape index (κ2) is 5.59. The number of aromatic nitrogens is 2. The quantitative estimate of drug-likeness (QED) is 0.717. The summed E-state index contributed by atoms with van der Waals surface area (Å²) in [5.74, 6) is 0.596. The SMILES string of the molecule is CCCC(C)Nc1nnc(CCN)o1. The number of hydrogen-bond donors (Lipinski definition) is 2. The molecule has 5 heteroatoms. The second-order valence-corrected chi connectivity index (χ2v) is 3.37. The Morgan fingerprint density at radius 2 is 2.29 bits per heavy atom. The molecule has 0 fully saturated rings. The van der Waals surface area contributed by atoms with E-state index in [0.29, 0.717) is 30.9 Å². The predicted molar refractivity (Wildman–Crippen MR) is 55.0 cm³/mol.